The van der Waals surface area contributed by atoms with E-state index in [0.29, 0.717) is 11.6 Å². The van der Waals surface area contributed by atoms with Crippen LogP contribution in [0.15, 0.2) is 49.2 Å². The molecule has 0 unspecified atom stereocenters. The maximum absolute atomic E-state index is 6.09. The molecule has 0 atom stereocenters. The van der Waals surface area contributed by atoms with Crippen molar-refractivity contribution in [2.75, 3.05) is 0 Å². The number of aromatic nitrogens is 6. The molecule has 0 fully saturated rings. The van der Waals surface area contributed by atoms with Gasteiger partial charge in [-0.1, -0.05) is 18.5 Å². The van der Waals surface area contributed by atoms with Crippen molar-refractivity contribution in [2.45, 2.75) is 26.4 Å². The molecule has 0 bridgehead atoms. The van der Waals surface area contributed by atoms with Crippen molar-refractivity contribution < 1.29 is 0 Å². The lowest BCUT2D eigenvalue weighted by Gasteiger charge is -2.10. The first-order chi connectivity index (χ1) is 12.3. The predicted octanol–water partition coefficient (Wildman–Crippen LogP) is 3.80. The molecule has 0 aromatic carbocycles. The van der Waals surface area contributed by atoms with Crippen LogP contribution in [0.5, 0.6) is 0 Å². The summed E-state index contributed by atoms with van der Waals surface area (Å²) in [5.74, 6) is 1.75. The van der Waals surface area contributed by atoms with Crippen LogP contribution in [0.25, 0.3) is 22.6 Å². The summed E-state index contributed by atoms with van der Waals surface area (Å²) >= 11 is 6.09. The summed E-state index contributed by atoms with van der Waals surface area (Å²) in [5.41, 5.74) is 2.76. The van der Waals surface area contributed by atoms with Crippen LogP contribution in [-0.2, 0) is 13.1 Å². The molecule has 0 aliphatic rings. The fourth-order valence-corrected chi connectivity index (χ4v) is 3.13. The predicted molar refractivity (Wildman–Crippen MR) is 97.4 cm³/mol. The molecule has 0 aliphatic heterocycles. The maximum atomic E-state index is 6.09. The molecule has 4 aromatic heterocycles. The zero-order valence-corrected chi connectivity index (χ0v) is 14.6. The van der Waals surface area contributed by atoms with E-state index in [1.165, 1.54) is 0 Å². The van der Waals surface area contributed by atoms with E-state index in [9.17, 15) is 0 Å². The fourth-order valence-electron chi connectivity index (χ4n) is 2.97. The van der Waals surface area contributed by atoms with E-state index >= 15 is 0 Å². The number of imidazole rings is 2. The van der Waals surface area contributed by atoms with E-state index in [2.05, 4.69) is 26.4 Å². The van der Waals surface area contributed by atoms with Gasteiger partial charge in [0, 0.05) is 36.4 Å². The minimum atomic E-state index is 0.609. The van der Waals surface area contributed by atoms with Gasteiger partial charge < -0.3 is 9.13 Å². The van der Waals surface area contributed by atoms with Crippen molar-refractivity contribution in [1.29, 1.82) is 0 Å². The van der Waals surface area contributed by atoms with Gasteiger partial charge in [-0.25, -0.2) is 9.97 Å². The molecule has 6 nitrogen and oxygen atoms in total. The first-order valence-corrected chi connectivity index (χ1v) is 8.56. The van der Waals surface area contributed by atoms with E-state index in [0.717, 1.165) is 41.3 Å². The van der Waals surface area contributed by atoms with Crippen LogP contribution >= 0.6 is 11.6 Å². The molecule has 4 heterocycles. The van der Waals surface area contributed by atoms with Gasteiger partial charge in [-0.3, -0.25) is 9.97 Å². The Labute approximate surface area is 150 Å². The molecule has 0 aliphatic carbocycles. The number of pyridine rings is 2. The number of hydrogen-bond donors (Lipinski definition) is 0. The highest BCUT2D eigenvalue weighted by Gasteiger charge is 2.14. The lowest BCUT2D eigenvalue weighted by Crippen LogP contribution is -2.09. The zero-order valence-electron chi connectivity index (χ0n) is 13.8. The number of fused-ring (bicyclic) bond motifs is 1. The average molecular weight is 353 g/mol. The van der Waals surface area contributed by atoms with Gasteiger partial charge in [0.1, 0.15) is 17.0 Å². The van der Waals surface area contributed by atoms with Crippen LogP contribution in [0, 0.1) is 0 Å². The second-order valence-electron chi connectivity index (χ2n) is 5.78. The Bertz CT molecular complexity index is 1020. The molecule has 0 radical (unpaired) electrons. The molecule has 25 heavy (non-hydrogen) atoms. The molecular formula is C18H17ClN6. The van der Waals surface area contributed by atoms with Crippen molar-refractivity contribution in [1.82, 2.24) is 29.1 Å². The molecule has 4 aromatic rings. The van der Waals surface area contributed by atoms with E-state index in [1.54, 1.807) is 30.9 Å². The highest BCUT2D eigenvalue weighted by molar-refractivity contribution is 6.30. The summed E-state index contributed by atoms with van der Waals surface area (Å²) in [5, 5.41) is 0.642. The number of rotatable bonds is 5. The molecule has 7 heteroatoms. The third-order valence-electron chi connectivity index (χ3n) is 4.06. The smallest absolute Gasteiger partial charge is 0.159 e. The number of hydrogen-bond acceptors (Lipinski definition) is 4. The van der Waals surface area contributed by atoms with Gasteiger partial charge in [-0.15, -0.1) is 0 Å². The Balaban J connectivity index is 1.76. The molecule has 0 amide bonds. The van der Waals surface area contributed by atoms with Crippen LogP contribution in [0.4, 0.5) is 0 Å². The Morgan fingerprint density at radius 1 is 1.12 bits per heavy atom. The Kier molecular flexibility index (Phi) is 4.19. The number of nitrogens with zero attached hydrogens (tertiary/aromatic N) is 6. The highest BCUT2D eigenvalue weighted by Crippen LogP contribution is 2.21. The van der Waals surface area contributed by atoms with Gasteiger partial charge >= 0.3 is 0 Å². The minimum Gasteiger partial charge on any atom is -0.326 e. The quantitative estimate of drug-likeness (QED) is 0.548. The Morgan fingerprint density at radius 2 is 2.04 bits per heavy atom. The summed E-state index contributed by atoms with van der Waals surface area (Å²) < 4.78 is 4.28. The first-order valence-electron chi connectivity index (χ1n) is 8.18. The van der Waals surface area contributed by atoms with Gasteiger partial charge in [0.05, 0.1) is 18.3 Å². The molecule has 0 N–H and O–H groups in total. The number of aryl methyl sites for hydroxylation is 1. The van der Waals surface area contributed by atoms with E-state index in [-0.39, 0.29) is 0 Å². The lowest BCUT2D eigenvalue weighted by atomic mass is 10.3. The Hall–Kier alpha value is -2.73. The van der Waals surface area contributed by atoms with Gasteiger partial charge in [0.15, 0.2) is 5.82 Å². The molecule has 0 spiro atoms. The summed E-state index contributed by atoms with van der Waals surface area (Å²) in [6.07, 6.45) is 10.0. The van der Waals surface area contributed by atoms with E-state index in [4.69, 9.17) is 16.6 Å². The maximum Gasteiger partial charge on any atom is 0.159 e. The van der Waals surface area contributed by atoms with Crippen LogP contribution < -0.4 is 0 Å². The van der Waals surface area contributed by atoms with Crippen molar-refractivity contribution >= 4 is 22.6 Å². The topological polar surface area (TPSA) is 61.4 Å². The van der Waals surface area contributed by atoms with Crippen LogP contribution in [0.2, 0.25) is 5.02 Å². The molecular weight excluding hydrogens is 336 g/mol. The van der Waals surface area contributed by atoms with Crippen LogP contribution in [0.3, 0.4) is 0 Å². The highest BCUT2D eigenvalue weighted by atomic mass is 35.5. The summed E-state index contributed by atoms with van der Waals surface area (Å²) in [4.78, 5) is 17.8. The monoisotopic (exact) mass is 352 g/mol. The van der Waals surface area contributed by atoms with Crippen molar-refractivity contribution in [3.8, 4) is 11.5 Å². The third kappa shape index (κ3) is 3.00. The van der Waals surface area contributed by atoms with Crippen molar-refractivity contribution in [2.24, 2.45) is 0 Å². The van der Waals surface area contributed by atoms with E-state index < -0.39 is 0 Å². The average Bonchev–Trinajstić information content (AvgIpc) is 3.21. The lowest BCUT2D eigenvalue weighted by molar-refractivity contribution is 0.627. The summed E-state index contributed by atoms with van der Waals surface area (Å²) in [7, 11) is 0. The van der Waals surface area contributed by atoms with Gasteiger partial charge in [-0.2, -0.15) is 0 Å². The molecule has 4 rings (SSSR count). The third-order valence-corrected chi connectivity index (χ3v) is 4.29. The first kappa shape index (κ1) is 15.8. The van der Waals surface area contributed by atoms with Gasteiger partial charge in [0.25, 0.3) is 0 Å². The minimum absolute atomic E-state index is 0.609. The van der Waals surface area contributed by atoms with E-state index in [1.807, 2.05) is 22.9 Å². The van der Waals surface area contributed by atoms with Gasteiger partial charge in [-0.05, 0) is 24.6 Å². The fraction of sp³-hybridized carbons (Fsp3) is 0.222. The standard InChI is InChI=1S/C18H17ClN6/c1-2-8-25-16-4-5-20-11-15(16)23-17(25)12-24-9-7-22-18(24)14-10-13(19)3-6-21-14/h3-7,9-11H,2,8,12H2,1H3. The SMILES string of the molecule is CCCn1c(Cn2ccnc2-c2cc(Cl)ccn2)nc2cnccc21. The van der Waals surface area contributed by atoms with Crippen LogP contribution in [0.1, 0.15) is 19.2 Å². The second kappa shape index (κ2) is 6.64. The van der Waals surface area contributed by atoms with Gasteiger partial charge in [0.2, 0.25) is 0 Å². The second-order valence-corrected chi connectivity index (χ2v) is 6.22. The Morgan fingerprint density at radius 3 is 2.88 bits per heavy atom. The number of halogens is 1. The van der Waals surface area contributed by atoms with Crippen molar-refractivity contribution in [3.63, 3.8) is 0 Å². The molecule has 0 saturated heterocycles. The summed E-state index contributed by atoms with van der Waals surface area (Å²) in [6.45, 7) is 3.68. The molecule has 0 saturated carbocycles. The summed E-state index contributed by atoms with van der Waals surface area (Å²) in [6, 6.07) is 5.58. The zero-order chi connectivity index (χ0) is 17.2. The molecule has 126 valence electrons. The normalized spacial score (nSPS) is 11.3. The van der Waals surface area contributed by atoms with Crippen LogP contribution in [-0.4, -0.2) is 29.1 Å². The van der Waals surface area contributed by atoms with Crippen molar-refractivity contribution in [3.05, 3.63) is 60.0 Å². The largest absolute Gasteiger partial charge is 0.326 e.